The van der Waals surface area contributed by atoms with E-state index in [1.807, 2.05) is 61.3 Å². The second-order valence-electron chi connectivity index (χ2n) is 6.40. The molecule has 140 valence electrons. The second kappa shape index (κ2) is 8.34. The van der Waals surface area contributed by atoms with Crippen molar-refractivity contribution in [2.75, 3.05) is 18.5 Å². The molecule has 1 heterocycles. The van der Waals surface area contributed by atoms with E-state index in [4.69, 9.17) is 23.2 Å². The van der Waals surface area contributed by atoms with Crippen LogP contribution in [-0.4, -0.2) is 24.7 Å². The maximum Gasteiger partial charge on any atom is 0.348 e. The molecule has 0 fully saturated rings. The average Bonchev–Trinajstić information content (AvgIpc) is 3.07. The maximum absolute atomic E-state index is 11.7. The van der Waals surface area contributed by atoms with Gasteiger partial charge < -0.3 is 10.0 Å². The molecule has 3 aromatic rings. The van der Waals surface area contributed by atoms with Crippen LogP contribution in [0, 0.1) is 6.92 Å². The first kappa shape index (κ1) is 19.7. The van der Waals surface area contributed by atoms with Crippen LogP contribution in [0.4, 0.5) is 5.69 Å². The number of carboxylic acids is 1. The second-order valence-corrected chi connectivity index (χ2v) is 8.30. The van der Waals surface area contributed by atoms with Crippen LogP contribution >= 0.6 is 34.5 Å². The van der Waals surface area contributed by atoms with Crippen LogP contribution in [0.25, 0.3) is 10.4 Å². The van der Waals surface area contributed by atoms with Crippen LogP contribution in [-0.2, 0) is 6.42 Å². The molecule has 3 rings (SSSR count). The van der Waals surface area contributed by atoms with E-state index in [2.05, 4.69) is 0 Å². The molecular weight excluding hydrogens is 401 g/mol. The first-order valence-electron chi connectivity index (χ1n) is 8.44. The van der Waals surface area contributed by atoms with Gasteiger partial charge in [0.05, 0.1) is 5.69 Å². The van der Waals surface area contributed by atoms with E-state index in [1.165, 1.54) is 16.9 Å². The van der Waals surface area contributed by atoms with Crippen molar-refractivity contribution in [2.45, 2.75) is 13.3 Å². The molecule has 0 bridgehead atoms. The molecular formula is C21H19Cl2NO2S. The number of rotatable bonds is 6. The van der Waals surface area contributed by atoms with E-state index in [1.54, 1.807) is 6.07 Å². The topological polar surface area (TPSA) is 40.5 Å². The highest BCUT2D eigenvalue weighted by Crippen LogP contribution is 2.37. The summed E-state index contributed by atoms with van der Waals surface area (Å²) in [4.78, 5) is 15.0. The monoisotopic (exact) mass is 419 g/mol. The van der Waals surface area contributed by atoms with Crippen LogP contribution in [0.1, 0.15) is 20.8 Å². The lowest BCUT2D eigenvalue weighted by Crippen LogP contribution is -2.21. The summed E-state index contributed by atoms with van der Waals surface area (Å²) in [6.07, 6.45) is 0.696. The zero-order chi connectivity index (χ0) is 19.6. The highest BCUT2D eigenvalue weighted by atomic mass is 35.5. The quantitative estimate of drug-likeness (QED) is 0.501. The van der Waals surface area contributed by atoms with Crippen molar-refractivity contribution < 1.29 is 9.90 Å². The van der Waals surface area contributed by atoms with Crippen LogP contribution in [0.5, 0.6) is 0 Å². The summed E-state index contributed by atoms with van der Waals surface area (Å²) in [5, 5.41) is 10.9. The van der Waals surface area contributed by atoms with Gasteiger partial charge >= 0.3 is 5.97 Å². The van der Waals surface area contributed by atoms with Gasteiger partial charge in [-0.15, -0.1) is 11.3 Å². The van der Waals surface area contributed by atoms with E-state index in [0.29, 0.717) is 33.6 Å². The van der Waals surface area contributed by atoms with Crippen LogP contribution in [0.15, 0.2) is 48.5 Å². The molecule has 0 atom stereocenters. The predicted molar refractivity (Wildman–Crippen MR) is 115 cm³/mol. The highest BCUT2D eigenvalue weighted by Gasteiger charge is 2.19. The molecule has 1 N–H and O–H groups in total. The Kier molecular flexibility index (Phi) is 6.10. The molecule has 0 aliphatic rings. The Bertz CT molecular complexity index is 967. The third kappa shape index (κ3) is 4.64. The molecule has 0 saturated carbocycles. The average molecular weight is 420 g/mol. The Balaban J connectivity index is 1.83. The van der Waals surface area contributed by atoms with Gasteiger partial charge in [-0.05, 0) is 42.7 Å². The lowest BCUT2D eigenvalue weighted by atomic mass is 10.1. The van der Waals surface area contributed by atoms with Crippen molar-refractivity contribution in [1.29, 1.82) is 0 Å². The summed E-state index contributed by atoms with van der Waals surface area (Å²) < 4.78 is 0. The Morgan fingerprint density at radius 3 is 2.44 bits per heavy atom. The SMILES string of the molecule is Cc1ccc(-c2cc(N(C)CCc3ccc(Cl)cc3Cl)c(C(=O)O)s2)cc1. The normalized spacial score (nSPS) is 10.8. The Labute approximate surface area is 172 Å². The van der Waals surface area contributed by atoms with Gasteiger partial charge in [0.15, 0.2) is 0 Å². The largest absolute Gasteiger partial charge is 0.477 e. The Hall–Kier alpha value is -2.01. The molecule has 0 amide bonds. The standard InChI is InChI=1S/C21H19Cl2NO2S/c1-13-3-5-15(6-4-13)19-12-18(20(27-19)21(25)26)24(2)10-9-14-7-8-16(22)11-17(14)23/h3-8,11-12H,9-10H2,1-2H3,(H,25,26). The molecule has 2 aromatic carbocycles. The summed E-state index contributed by atoms with van der Waals surface area (Å²) >= 11 is 13.5. The fourth-order valence-electron chi connectivity index (χ4n) is 2.81. The minimum absolute atomic E-state index is 0.343. The number of aromatic carboxylic acids is 1. The fraction of sp³-hybridized carbons (Fsp3) is 0.190. The number of thiophene rings is 1. The number of anilines is 1. The van der Waals surface area contributed by atoms with E-state index < -0.39 is 5.97 Å². The summed E-state index contributed by atoms with van der Waals surface area (Å²) in [5.41, 5.74) is 3.89. The van der Waals surface area contributed by atoms with Gasteiger partial charge in [0.1, 0.15) is 4.88 Å². The number of hydrogen-bond acceptors (Lipinski definition) is 3. The molecule has 6 heteroatoms. The first-order chi connectivity index (χ1) is 12.8. The molecule has 0 aliphatic heterocycles. The summed E-state index contributed by atoms with van der Waals surface area (Å²) in [6, 6.07) is 15.5. The van der Waals surface area contributed by atoms with Gasteiger partial charge in [-0.3, -0.25) is 0 Å². The zero-order valence-electron chi connectivity index (χ0n) is 15.0. The van der Waals surface area contributed by atoms with Gasteiger partial charge in [-0.1, -0.05) is 59.1 Å². The summed E-state index contributed by atoms with van der Waals surface area (Å²) in [6.45, 7) is 2.67. The summed E-state index contributed by atoms with van der Waals surface area (Å²) in [7, 11) is 1.90. The van der Waals surface area contributed by atoms with Crippen molar-refractivity contribution in [1.82, 2.24) is 0 Å². The lowest BCUT2D eigenvalue weighted by molar-refractivity contribution is 0.0703. The first-order valence-corrected chi connectivity index (χ1v) is 10.0. The van der Waals surface area contributed by atoms with E-state index in [9.17, 15) is 9.90 Å². The minimum Gasteiger partial charge on any atom is -0.477 e. The molecule has 1 aromatic heterocycles. The van der Waals surface area contributed by atoms with Gasteiger partial charge in [0, 0.05) is 28.5 Å². The number of aryl methyl sites for hydroxylation is 1. The molecule has 0 radical (unpaired) electrons. The van der Waals surface area contributed by atoms with Crippen LogP contribution in [0.3, 0.4) is 0 Å². The van der Waals surface area contributed by atoms with Gasteiger partial charge in [-0.2, -0.15) is 0 Å². The number of carboxylic acid groups (broad SMARTS) is 1. The van der Waals surface area contributed by atoms with Gasteiger partial charge in [0.25, 0.3) is 0 Å². The predicted octanol–water partition coefficient (Wildman–Crippen LogP) is 6.41. The molecule has 27 heavy (non-hydrogen) atoms. The molecule has 0 saturated heterocycles. The van der Waals surface area contributed by atoms with Crippen LogP contribution in [0.2, 0.25) is 10.0 Å². The zero-order valence-corrected chi connectivity index (χ0v) is 17.3. The van der Waals surface area contributed by atoms with Crippen molar-refractivity contribution in [3.05, 3.63) is 74.6 Å². The van der Waals surface area contributed by atoms with Gasteiger partial charge in [-0.25, -0.2) is 4.79 Å². The van der Waals surface area contributed by atoms with E-state index >= 15 is 0 Å². The Morgan fingerprint density at radius 2 is 1.81 bits per heavy atom. The van der Waals surface area contributed by atoms with E-state index in [0.717, 1.165) is 16.0 Å². The molecule has 0 spiro atoms. The maximum atomic E-state index is 11.7. The molecule has 0 aliphatic carbocycles. The van der Waals surface area contributed by atoms with Crippen LogP contribution < -0.4 is 4.90 Å². The number of nitrogens with zero attached hydrogens (tertiary/aromatic N) is 1. The molecule has 0 unspecified atom stereocenters. The number of halogens is 2. The van der Waals surface area contributed by atoms with E-state index in [-0.39, 0.29) is 0 Å². The van der Waals surface area contributed by atoms with Crippen molar-refractivity contribution in [3.8, 4) is 10.4 Å². The number of benzene rings is 2. The summed E-state index contributed by atoms with van der Waals surface area (Å²) in [5.74, 6) is -0.912. The minimum atomic E-state index is -0.912. The van der Waals surface area contributed by atoms with Crippen molar-refractivity contribution in [3.63, 3.8) is 0 Å². The molecule has 3 nitrogen and oxygen atoms in total. The third-order valence-electron chi connectivity index (χ3n) is 4.39. The highest BCUT2D eigenvalue weighted by molar-refractivity contribution is 7.18. The third-order valence-corrected chi connectivity index (χ3v) is 6.13. The fourth-order valence-corrected chi connectivity index (χ4v) is 4.37. The Morgan fingerprint density at radius 1 is 1.11 bits per heavy atom. The van der Waals surface area contributed by atoms with Crippen molar-refractivity contribution >= 4 is 46.2 Å². The van der Waals surface area contributed by atoms with Crippen molar-refractivity contribution in [2.24, 2.45) is 0 Å². The lowest BCUT2D eigenvalue weighted by Gasteiger charge is -2.19. The van der Waals surface area contributed by atoms with Gasteiger partial charge in [0.2, 0.25) is 0 Å². The smallest absolute Gasteiger partial charge is 0.348 e. The number of carbonyl (C=O) groups is 1. The number of likely N-dealkylation sites (N-methyl/N-ethyl adjacent to an activating group) is 1. The number of hydrogen-bond donors (Lipinski definition) is 1.